The Morgan fingerprint density at radius 3 is 0.853 bits per heavy atom. The van der Waals surface area contributed by atoms with Gasteiger partial charge in [0.1, 0.15) is 13.2 Å². The first-order valence-corrected chi connectivity index (χ1v) is 30.0. The molecule has 0 bridgehead atoms. The topological polar surface area (TPSA) is 78.9 Å². The second-order valence-electron chi connectivity index (χ2n) is 20.3. The molecule has 0 aliphatic heterocycles. The van der Waals surface area contributed by atoms with Gasteiger partial charge in [-0.25, -0.2) is 0 Å². The molecule has 0 heterocycles. The van der Waals surface area contributed by atoms with Crippen LogP contribution in [0.5, 0.6) is 0 Å². The summed E-state index contributed by atoms with van der Waals surface area (Å²) in [5.41, 5.74) is 0. The molecule has 0 aromatic heterocycles. The van der Waals surface area contributed by atoms with E-state index in [2.05, 4.69) is 57.2 Å². The Kier molecular flexibility index (Phi) is 55.2. The Morgan fingerprint density at radius 2 is 0.529 bits per heavy atom. The van der Waals surface area contributed by atoms with Crippen LogP contribution in [0.3, 0.4) is 0 Å². The number of hydrogen-bond acceptors (Lipinski definition) is 6. The lowest BCUT2D eigenvalue weighted by Crippen LogP contribution is -2.30. The van der Waals surface area contributed by atoms with Gasteiger partial charge in [0.25, 0.3) is 0 Å². The SMILES string of the molecule is CCCCC/C=C\C/C=C\CCCCCCCC(=O)OCC(COC(=O)CCCCCCCCCCCCCCCCCCCCC)OC(=O)CCCCCCC/C=C\CCCCCCCCC. The zero-order valence-electron chi connectivity index (χ0n) is 45.6. The first kappa shape index (κ1) is 65.6. The van der Waals surface area contributed by atoms with Crippen LogP contribution in [0, 0.1) is 0 Å². The summed E-state index contributed by atoms with van der Waals surface area (Å²) in [5.74, 6) is -0.880. The molecule has 0 radical (unpaired) electrons. The summed E-state index contributed by atoms with van der Waals surface area (Å²) >= 11 is 0. The van der Waals surface area contributed by atoms with Gasteiger partial charge in [-0.1, -0.05) is 263 Å². The van der Waals surface area contributed by atoms with E-state index in [9.17, 15) is 14.4 Å². The van der Waals surface area contributed by atoms with Crippen LogP contribution in [0.4, 0.5) is 0 Å². The van der Waals surface area contributed by atoms with Crippen molar-refractivity contribution in [3.63, 3.8) is 0 Å². The molecular weight excluding hydrogens is 841 g/mol. The maximum absolute atomic E-state index is 12.9. The molecule has 0 amide bonds. The van der Waals surface area contributed by atoms with Crippen LogP contribution in [0.15, 0.2) is 36.5 Å². The Labute approximate surface area is 423 Å². The second kappa shape index (κ2) is 57.2. The summed E-state index contributed by atoms with van der Waals surface area (Å²) in [6.07, 6.45) is 68.5. The highest BCUT2D eigenvalue weighted by Crippen LogP contribution is 2.17. The van der Waals surface area contributed by atoms with Crippen LogP contribution in [-0.4, -0.2) is 37.2 Å². The molecule has 0 aromatic rings. The Hall–Kier alpha value is -2.37. The van der Waals surface area contributed by atoms with Gasteiger partial charge in [0.05, 0.1) is 0 Å². The van der Waals surface area contributed by atoms with Gasteiger partial charge in [-0.05, 0) is 77.0 Å². The highest BCUT2D eigenvalue weighted by Gasteiger charge is 2.19. The summed E-state index contributed by atoms with van der Waals surface area (Å²) in [7, 11) is 0. The molecule has 0 spiro atoms. The zero-order chi connectivity index (χ0) is 49.3. The van der Waals surface area contributed by atoms with Crippen molar-refractivity contribution >= 4 is 17.9 Å². The van der Waals surface area contributed by atoms with E-state index in [4.69, 9.17) is 14.2 Å². The molecular formula is C62H114O6. The first-order chi connectivity index (χ1) is 33.5. The van der Waals surface area contributed by atoms with E-state index in [1.165, 1.54) is 199 Å². The predicted molar refractivity (Wildman–Crippen MR) is 293 cm³/mol. The van der Waals surface area contributed by atoms with E-state index in [0.717, 1.165) is 83.5 Å². The molecule has 0 fully saturated rings. The number of ether oxygens (including phenoxy) is 3. The average Bonchev–Trinajstić information content (AvgIpc) is 3.34. The Morgan fingerprint density at radius 1 is 0.294 bits per heavy atom. The molecule has 1 atom stereocenters. The third-order valence-corrected chi connectivity index (χ3v) is 13.4. The van der Waals surface area contributed by atoms with Gasteiger partial charge in [-0.15, -0.1) is 0 Å². The maximum atomic E-state index is 12.9. The molecule has 0 aliphatic carbocycles. The molecule has 0 saturated heterocycles. The Bertz CT molecular complexity index is 1140. The number of esters is 3. The van der Waals surface area contributed by atoms with E-state index < -0.39 is 6.10 Å². The van der Waals surface area contributed by atoms with E-state index in [1.54, 1.807) is 0 Å². The van der Waals surface area contributed by atoms with Gasteiger partial charge in [0, 0.05) is 19.3 Å². The van der Waals surface area contributed by atoms with Crippen molar-refractivity contribution in [2.24, 2.45) is 0 Å². The summed E-state index contributed by atoms with van der Waals surface area (Å²) in [6.45, 7) is 6.64. The average molecular weight is 956 g/mol. The van der Waals surface area contributed by atoms with Crippen molar-refractivity contribution in [3.05, 3.63) is 36.5 Å². The molecule has 0 rings (SSSR count). The third-order valence-electron chi connectivity index (χ3n) is 13.4. The number of carbonyl (C=O) groups is 3. The van der Waals surface area contributed by atoms with Crippen LogP contribution in [-0.2, 0) is 28.6 Å². The zero-order valence-corrected chi connectivity index (χ0v) is 45.6. The van der Waals surface area contributed by atoms with Crippen LogP contribution in [0.25, 0.3) is 0 Å². The summed E-state index contributed by atoms with van der Waals surface area (Å²) in [4.78, 5) is 38.2. The molecule has 0 aliphatic rings. The number of carbonyl (C=O) groups excluding carboxylic acids is 3. The van der Waals surface area contributed by atoms with Crippen molar-refractivity contribution in [3.8, 4) is 0 Å². The minimum Gasteiger partial charge on any atom is -0.462 e. The lowest BCUT2D eigenvalue weighted by molar-refractivity contribution is -0.167. The van der Waals surface area contributed by atoms with Crippen molar-refractivity contribution in [1.29, 1.82) is 0 Å². The number of rotatable bonds is 55. The fourth-order valence-corrected chi connectivity index (χ4v) is 8.82. The van der Waals surface area contributed by atoms with E-state index in [0.29, 0.717) is 19.3 Å². The van der Waals surface area contributed by atoms with Gasteiger partial charge < -0.3 is 14.2 Å². The number of hydrogen-bond donors (Lipinski definition) is 0. The maximum Gasteiger partial charge on any atom is 0.306 e. The highest BCUT2D eigenvalue weighted by atomic mass is 16.6. The molecule has 6 heteroatoms. The second-order valence-corrected chi connectivity index (χ2v) is 20.3. The van der Waals surface area contributed by atoms with Gasteiger partial charge in [-0.3, -0.25) is 14.4 Å². The normalized spacial score (nSPS) is 12.2. The summed E-state index contributed by atoms with van der Waals surface area (Å²) in [6, 6.07) is 0. The molecule has 0 saturated carbocycles. The highest BCUT2D eigenvalue weighted by molar-refractivity contribution is 5.71. The molecule has 6 nitrogen and oxygen atoms in total. The molecule has 0 aromatic carbocycles. The van der Waals surface area contributed by atoms with Crippen molar-refractivity contribution < 1.29 is 28.6 Å². The number of unbranched alkanes of at least 4 members (excludes halogenated alkanes) is 38. The quantitative estimate of drug-likeness (QED) is 0.0262. The molecule has 1 unspecified atom stereocenters. The predicted octanol–water partition coefficient (Wildman–Crippen LogP) is 20.0. The first-order valence-electron chi connectivity index (χ1n) is 30.0. The Balaban J connectivity index is 4.35. The molecule has 398 valence electrons. The van der Waals surface area contributed by atoms with Crippen molar-refractivity contribution in [2.75, 3.05) is 13.2 Å². The fourth-order valence-electron chi connectivity index (χ4n) is 8.82. The molecule has 0 N–H and O–H groups in total. The van der Waals surface area contributed by atoms with Crippen molar-refractivity contribution in [2.45, 2.75) is 329 Å². The van der Waals surface area contributed by atoms with Gasteiger partial charge in [-0.2, -0.15) is 0 Å². The standard InChI is InChI=1S/C62H114O6/c1-4-7-10-13-16-19-22-25-28-30-31-32-35-37-40-43-46-49-52-55-61(64)67-58-59(57-66-60(63)54-51-48-45-42-39-36-33-27-24-21-18-15-12-9-6-3)68-62(65)56-53-50-47-44-41-38-34-29-26-23-20-17-14-11-8-5-2/h18,21,27,29,33-34,59H,4-17,19-20,22-26,28,30-32,35-58H2,1-3H3/b21-18-,33-27-,34-29-. The lowest BCUT2D eigenvalue weighted by atomic mass is 10.0. The van der Waals surface area contributed by atoms with Crippen molar-refractivity contribution in [1.82, 2.24) is 0 Å². The van der Waals surface area contributed by atoms with E-state index in [1.807, 2.05) is 0 Å². The monoisotopic (exact) mass is 955 g/mol. The van der Waals surface area contributed by atoms with E-state index in [-0.39, 0.29) is 31.1 Å². The van der Waals surface area contributed by atoms with Gasteiger partial charge >= 0.3 is 17.9 Å². The minimum absolute atomic E-state index is 0.0762. The van der Waals surface area contributed by atoms with E-state index >= 15 is 0 Å². The van der Waals surface area contributed by atoms with Gasteiger partial charge in [0.15, 0.2) is 6.10 Å². The third kappa shape index (κ3) is 54.6. The molecule has 68 heavy (non-hydrogen) atoms. The summed E-state index contributed by atoms with van der Waals surface area (Å²) in [5, 5.41) is 0. The summed E-state index contributed by atoms with van der Waals surface area (Å²) < 4.78 is 16.9. The fraction of sp³-hybridized carbons (Fsp3) is 0.855. The van der Waals surface area contributed by atoms with Crippen LogP contribution < -0.4 is 0 Å². The number of allylic oxidation sites excluding steroid dienone is 6. The van der Waals surface area contributed by atoms with Crippen LogP contribution >= 0.6 is 0 Å². The lowest BCUT2D eigenvalue weighted by Gasteiger charge is -2.18. The van der Waals surface area contributed by atoms with Crippen LogP contribution in [0.1, 0.15) is 323 Å². The smallest absolute Gasteiger partial charge is 0.306 e. The minimum atomic E-state index is -0.780. The van der Waals surface area contributed by atoms with Gasteiger partial charge in [0.2, 0.25) is 0 Å². The van der Waals surface area contributed by atoms with Crippen LogP contribution in [0.2, 0.25) is 0 Å². The largest absolute Gasteiger partial charge is 0.462 e.